The largest absolute Gasteiger partial charge is 0.481 e. The minimum Gasteiger partial charge on any atom is -0.481 e. The zero-order valence-electron chi connectivity index (χ0n) is 9.82. The highest BCUT2D eigenvalue weighted by Crippen LogP contribution is 2.31. The van der Waals surface area contributed by atoms with Gasteiger partial charge < -0.3 is 10.1 Å². The number of rotatable bonds is 3. The Morgan fingerprint density at radius 2 is 2.12 bits per heavy atom. The zero-order chi connectivity index (χ0) is 12.4. The lowest BCUT2D eigenvalue weighted by molar-refractivity contribution is -0.136. The molecule has 1 aromatic heterocycles. The van der Waals surface area contributed by atoms with Gasteiger partial charge >= 0.3 is 5.97 Å². The molecule has 1 heterocycles. The lowest BCUT2D eigenvalue weighted by Gasteiger charge is -2.10. The molecule has 1 aliphatic carbocycles. The Morgan fingerprint density at radius 1 is 1.47 bits per heavy atom. The fraction of sp³-hybridized carbons (Fsp3) is 0.583. The predicted octanol–water partition coefficient (Wildman–Crippen LogP) is 1.36. The van der Waals surface area contributed by atoms with Crippen LogP contribution < -0.4 is 5.56 Å². The van der Waals surface area contributed by atoms with Crippen molar-refractivity contribution in [3.63, 3.8) is 0 Å². The number of carboxylic acid groups (broad SMARTS) is 1. The van der Waals surface area contributed by atoms with Crippen LogP contribution in [0.4, 0.5) is 0 Å². The van der Waals surface area contributed by atoms with Crippen LogP contribution in [0.15, 0.2) is 4.79 Å². The van der Waals surface area contributed by atoms with E-state index in [2.05, 4.69) is 9.97 Å². The van der Waals surface area contributed by atoms with Gasteiger partial charge in [0, 0.05) is 17.2 Å². The topological polar surface area (TPSA) is 83.0 Å². The maximum absolute atomic E-state index is 11.8. The number of carbonyl (C=O) groups is 1. The molecule has 0 atom stereocenters. The van der Waals surface area contributed by atoms with Crippen molar-refractivity contribution in [3.05, 3.63) is 27.4 Å². The van der Waals surface area contributed by atoms with Crippen molar-refractivity contribution < 1.29 is 9.90 Å². The summed E-state index contributed by atoms with van der Waals surface area (Å²) in [4.78, 5) is 29.5. The SMILES string of the molecule is Cc1nc(C2CCCC2)[nH]c(=O)c1CC(=O)O. The molecule has 1 aromatic rings. The average molecular weight is 236 g/mol. The quantitative estimate of drug-likeness (QED) is 0.830. The van der Waals surface area contributed by atoms with Crippen molar-refractivity contribution in [2.24, 2.45) is 0 Å². The highest BCUT2D eigenvalue weighted by Gasteiger charge is 2.21. The summed E-state index contributed by atoms with van der Waals surface area (Å²) in [7, 11) is 0. The number of carboxylic acids is 1. The molecule has 0 unspecified atom stereocenters. The van der Waals surface area contributed by atoms with Crippen LogP contribution in [0, 0.1) is 6.92 Å². The highest BCUT2D eigenvalue weighted by molar-refractivity contribution is 5.70. The van der Waals surface area contributed by atoms with Crippen molar-refractivity contribution in [2.45, 2.75) is 44.9 Å². The number of hydrogen-bond donors (Lipinski definition) is 2. The zero-order valence-corrected chi connectivity index (χ0v) is 9.82. The van der Waals surface area contributed by atoms with E-state index in [-0.39, 0.29) is 17.5 Å². The Balaban J connectivity index is 2.34. The summed E-state index contributed by atoms with van der Waals surface area (Å²) < 4.78 is 0. The Labute approximate surface area is 98.9 Å². The summed E-state index contributed by atoms with van der Waals surface area (Å²) in [5, 5.41) is 8.72. The fourth-order valence-electron chi connectivity index (χ4n) is 2.38. The van der Waals surface area contributed by atoms with Gasteiger partial charge in [-0.2, -0.15) is 0 Å². The van der Waals surface area contributed by atoms with E-state index in [4.69, 9.17) is 5.11 Å². The molecule has 0 saturated heterocycles. The second-order valence-corrected chi connectivity index (χ2v) is 4.57. The molecule has 0 amide bonds. The molecular formula is C12H16N2O3. The molecule has 17 heavy (non-hydrogen) atoms. The van der Waals surface area contributed by atoms with Gasteiger partial charge in [0.15, 0.2) is 0 Å². The van der Waals surface area contributed by atoms with Crippen LogP contribution in [0.2, 0.25) is 0 Å². The number of hydrogen-bond acceptors (Lipinski definition) is 3. The molecule has 1 aliphatic rings. The van der Waals surface area contributed by atoms with Gasteiger partial charge in [0.2, 0.25) is 0 Å². The molecular weight excluding hydrogens is 220 g/mol. The van der Waals surface area contributed by atoms with Gasteiger partial charge in [0.05, 0.1) is 6.42 Å². The minimum absolute atomic E-state index is 0.263. The van der Waals surface area contributed by atoms with E-state index in [1.54, 1.807) is 6.92 Å². The molecule has 0 aromatic carbocycles. The number of aliphatic carboxylic acids is 1. The third-order valence-corrected chi connectivity index (χ3v) is 3.31. The monoisotopic (exact) mass is 236 g/mol. The second kappa shape index (κ2) is 4.69. The van der Waals surface area contributed by atoms with Crippen LogP contribution in [0.3, 0.4) is 0 Å². The van der Waals surface area contributed by atoms with E-state index in [0.29, 0.717) is 11.6 Å². The van der Waals surface area contributed by atoms with E-state index < -0.39 is 5.97 Å². The lowest BCUT2D eigenvalue weighted by atomic mass is 10.1. The molecule has 2 rings (SSSR count). The maximum atomic E-state index is 11.8. The number of nitrogens with zero attached hydrogens (tertiary/aromatic N) is 1. The third-order valence-electron chi connectivity index (χ3n) is 3.31. The molecule has 2 N–H and O–H groups in total. The van der Waals surface area contributed by atoms with Crippen molar-refractivity contribution in [1.29, 1.82) is 0 Å². The third kappa shape index (κ3) is 2.54. The maximum Gasteiger partial charge on any atom is 0.308 e. The van der Waals surface area contributed by atoms with E-state index in [9.17, 15) is 9.59 Å². The summed E-state index contributed by atoms with van der Waals surface area (Å²) in [6, 6.07) is 0. The first kappa shape index (κ1) is 11.8. The first-order valence-corrected chi connectivity index (χ1v) is 5.89. The van der Waals surface area contributed by atoms with Gasteiger partial charge in [0.1, 0.15) is 5.82 Å². The molecule has 0 bridgehead atoms. The van der Waals surface area contributed by atoms with Gasteiger partial charge in [-0.3, -0.25) is 9.59 Å². The Kier molecular flexibility index (Phi) is 3.26. The summed E-state index contributed by atoms with van der Waals surface area (Å²) >= 11 is 0. The van der Waals surface area contributed by atoms with Crippen LogP contribution >= 0.6 is 0 Å². The number of aryl methyl sites for hydroxylation is 1. The number of aromatic amines is 1. The standard InChI is InChI=1S/C12H16N2O3/c1-7-9(6-10(15)16)12(17)14-11(13-7)8-4-2-3-5-8/h8H,2-6H2,1H3,(H,15,16)(H,13,14,17). The summed E-state index contributed by atoms with van der Waals surface area (Å²) in [6.07, 6.45) is 4.19. The normalized spacial score (nSPS) is 16.3. The van der Waals surface area contributed by atoms with E-state index in [1.807, 2.05) is 0 Å². The van der Waals surface area contributed by atoms with Crippen LogP contribution in [0.25, 0.3) is 0 Å². The summed E-state index contributed by atoms with van der Waals surface area (Å²) in [6.45, 7) is 1.70. The van der Waals surface area contributed by atoms with Crippen LogP contribution in [0.5, 0.6) is 0 Å². The molecule has 1 fully saturated rings. The van der Waals surface area contributed by atoms with E-state index in [0.717, 1.165) is 18.7 Å². The van der Waals surface area contributed by atoms with Gasteiger partial charge in [-0.05, 0) is 19.8 Å². The van der Waals surface area contributed by atoms with Gasteiger partial charge in [-0.25, -0.2) is 4.98 Å². The van der Waals surface area contributed by atoms with Crippen LogP contribution in [-0.4, -0.2) is 21.0 Å². The van der Waals surface area contributed by atoms with E-state index >= 15 is 0 Å². The molecule has 0 radical (unpaired) electrons. The van der Waals surface area contributed by atoms with Crippen molar-refractivity contribution in [2.75, 3.05) is 0 Å². The molecule has 0 aliphatic heterocycles. The first-order valence-electron chi connectivity index (χ1n) is 5.89. The molecule has 0 spiro atoms. The smallest absolute Gasteiger partial charge is 0.308 e. The Hall–Kier alpha value is -1.65. The number of nitrogens with one attached hydrogen (secondary N) is 1. The average Bonchev–Trinajstić information content (AvgIpc) is 2.76. The van der Waals surface area contributed by atoms with Crippen molar-refractivity contribution in [3.8, 4) is 0 Å². The van der Waals surface area contributed by atoms with Gasteiger partial charge in [-0.1, -0.05) is 12.8 Å². The number of aromatic nitrogens is 2. The van der Waals surface area contributed by atoms with Gasteiger partial charge in [0.25, 0.3) is 5.56 Å². The number of H-pyrrole nitrogens is 1. The Morgan fingerprint density at radius 3 is 2.65 bits per heavy atom. The molecule has 1 saturated carbocycles. The highest BCUT2D eigenvalue weighted by atomic mass is 16.4. The second-order valence-electron chi connectivity index (χ2n) is 4.57. The minimum atomic E-state index is -1.01. The summed E-state index contributed by atoms with van der Waals surface area (Å²) in [5.41, 5.74) is 0.499. The van der Waals surface area contributed by atoms with Gasteiger partial charge in [-0.15, -0.1) is 0 Å². The van der Waals surface area contributed by atoms with Crippen molar-refractivity contribution >= 4 is 5.97 Å². The van der Waals surface area contributed by atoms with Crippen LogP contribution in [-0.2, 0) is 11.2 Å². The molecule has 5 heteroatoms. The first-order chi connectivity index (χ1) is 8.08. The van der Waals surface area contributed by atoms with E-state index in [1.165, 1.54) is 12.8 Å². The predicted molar refractivity (Wildman–Crippen MR) is 62.1 cm³/mol. The van der Waals surface area contributed by atoms with Crippen molar-refractivity contribution in [1.82, 2.24) is 9.97 Å². The lowest BCUT2D eigenvalue weighted by Crippen LogP contribution is -2.22. The molecule has 5 nitrogen and oxygen atoms in total. The Bertz CT molecular complexity index is 487. The molecule has 92 valence electrons. The summed E-state index contributed by atoms with van der Waals surface area (Å²) in [5.74, 6) is 0.0495. The fourth-order valence-corrected chi connectivity index (χ4v) is 2.38. The van der Waals surface area contributed by atoms with Crippen LogP contribution in [0.1, 0.15) is 48.7 Å².